The summed E-state index contributed by atoms with van der Waals surface area (Å²) in [5, 5.41) is 11.2. The van der Waals surface area contributed by atoms with Crippen LogP contribution in [0.1, 0.15) is 5.69 Å². The van der Waals surface area contributed by atoms with Crippen LogP contribution in [0.25, 0.3) is 10.9 Å². The van der Waals surface area contributed by atoms with Gasteiger partial charge in [0.15, 0.2) is 0 Å². The van der Waals surface area contributed by atoms with E-state index in [1.807, 2.05) is 42.5 Å². The quantitative estimate of drug-likeness (QED) is 0.776. The summed E-state index contributed by atoms with van der Waals surface area (Å²) >= 11 is 0. The first-order valence-electron chi connectivity index (χ1n) is 8.55. The van der Waals surface area contributed by atoms with Crippen molar-refractivity contribution in [3.63, 3.8) is 0 Å². The molecule has 1 aliphatic heterocycles. The van der Waals surface area contributed by atoms with Gasteiger partial charge in [0.05, 0.1) is 0 Å². The topological polar surface area (TPSA) is 37.6 Å². The van der Waals surface area contributed by atoms with Crippen molar-refractivity contribution >= 4 is 10.9 Å². The summed E-state index contributed by atoms with van der Waals surface area (Å²) < 4.78 is 21.3. The molecule has 4 rings (SSSR count). The van der Waals surface area contributed by atoms with Crippen LogP contribution in [-0.2, 0) is 13.1 Å². The van der Waals surface area contributed by atoms with Gasteiger partial charge in [-0.05, 0) is 36.4 Å². The number of nitrogens with zero attached hydrogens (tertiary/aromatic N) is 2. The van der Waals surface area contributed by atoms with Crippen LogP contribution in [0.2, 0.25) is 0 Å². The van der Waals surface area contributed by atoms with Crippen molar-refractivity contribution in [1.29, 1.82) is 0 Å². The lowest BCUT2D eigenvalue weighted by atomic mass is 10.2. The second-order valence-corrected chi connectivity index (χ2v) is 6.50. The van der Waals surface area contributed by atoms with E-state index in [4.69, 9.17) is 4.74 Å². The van der Waals surface area contributed by atoms with Gasteiger partial charge in [-0.25, -0.2) is 4.39 Å². The van der Waals surface area contributed by atoms with Crippen LogP contribution in [-0.4, -0.2) is 40.4 Å². The zero-order valence-electron chi connectivity index (χ0n) is 13.9. The monoisotopic (exact) mass is 340 g/mol. The molecule has 4 nitrogen and oxygen atoms in total. The average Bonchev–Trinajstić information content (AvgIpc) is 2.97. The van der Waals surface area contributed by atoms with E-state index in [0.29, 0.717) is 6.54 Å². The van der Waals surface area contributed by atoms with Crippen LogP contribution in [0.5, 0.6) is 5.75 Å². The fraction of sp³-hybridized carbons (Fsp3) is 0.300. The van der Waals surface area contributed by atoms with Crippen molar-refractivity contribution in [1.82, 2.24) is 9.47 Å². The maximum atomic E-state index is 13.4. The smallest absolute Gasteiger partial charge is 0.123 e. The molecule has 130 valence electrons. The summed E-state index contributed by atoms with van der Waals surface area (Å²) in [6.45, 7) is 3.28. The van der Waals surface area contributed by atoms with Gasteiger partial charge in [0.25, 0.3) is 0 Å². The Balaban J connectivity index is 1.38. The van der Waals surface area contributed by atoms with Crippen molar-refractivity contribution in [2.75, 3.05) is 19.7 Å². The third-order valence-corrected chi connectivity index (χ3v) is 4.63. The fourth-order valence-electron chi connectivity index (χ4n) is 3.46. The first-order valence-corrected chi connectivity index (χ1v) is 8.55. The lowest BCUT2D eigenvalue weighted by molar-refractivity contribution is 0.0593. The molecule has 5 heteroatoms. The van der Waals surface area contributed by atoms with Crippen molar-refractivity contribution in [3.8, 4) is 5.75 Å². The number of hydrogen-bond donors (Lipinski definition) is 1. The van der Waals surface area contributed by atoms with Crippen molar-refractivity contribution < 1.29 is 14.2 Å². The van der Waals surface area contributed by atoms with Gasteiger partial charge in [0, 0.05) is 42.8 Å². The molecule has 0 radical (unpaired) electrons. The van der Waals surface area contributed by atoms with E-state index >= 15 is 0 Å². The van der Waals surface area contributed by atoms with Gasteiger partial charge < -0.3 is 14.4 Å². The Labute approximate surface area is 146 Å². The molecule has 1 N–H and O–H groups in total. The number of aromatic nitrogens is 1. The van der Waals surface area contributed by atoms with Gasteiger partial charge in [0.1, 0.15) is 24.3 Å². The zero-order chi connectivity index (χ0) is 17.2. The first-order chi connectivity index (χ1) is 12.2. The predicted molar refractivity (Wildman–Crippen MR) is 95.1 cm³/mol. The SMILES string of the molecule is OC(COc1ccccc1)CN1CCn2c(cc3cc(F)ccc32)C1. The Morgan fingerprint density at radius 3 is 2.76 bits per heavy atom. The number of aliphatic hydroxyl groups is 1. The zero-order valence-corrected chi connectivity index (χ0v) is 13.9. The molecule has 0 aliphatic carbocycles. The molecular formula is C20H21FN2O2. The first kappa shape index (κ1) is 16.1. The minimum Gasteiger partial charge on any atom is -0.491 e. The van der Waals surface area contributed by atoms with E-state index in [-0.39, 0.29) is 12.4 Å². The number of β-amino-alcohol motifs (C(OH)–C–C–N with tert-alkyl or cyclic N) is 1. The Morgan fingerprint density at radius 2 is 1.92 bits per heavy atom. The van der Waals surface area contributed by atoms with Crippen LogP contribution >= 0.6 is 0 Å². The van der Waals surface area contributed by atoms with E-state index < -0.39 is 6.10 Å². The highest BCUT2D eigenvalue weighted by Crippen LogP contribution is 2.25. The largest absolute Gasteiger partial charge is 0.491 e. The maximum Gasteiger partial charge on any atom is 0.123 e. The standard InChI is InChI=1S/C20H21FN2O2/c21-16-6-7-20-15(10-16)11-17-12-22(8-9-23(17)20)13-18(24)14-25-19-4-2-1-3-5-19/h1-7,10-11,18,24H,8-9,12-14H2. The molecule has 2 heterocycles. The molecule has 2 aromatic carbocycles. The predicted octanol–water partition coefficient (Wildman–Crippen LogP) is 3.04. The molecule has 1 aromatic heterocycles. The van der Waals surface area contributed by atoms with Crippen LogP contribution in [0, 0.1) is 5.82 Å². The summed E-state index contributed by atoms with van der Waals surface area (Å²) in [6, 6.07) is 16.5. The minimum absolute atomic E-state index is 0.208. The van der Waals surface area contributed by atoms with Crippen molar-refractivity contribution in [2.24, 2.45) is 0 Å². The molecule has 0 spiro atoms. The molecule has 1 aliphatic rings. The van der Waals surface area contributed by atoms with Crippen LogP contribution in [0.4, 0.5) is 4.39 Å². The molecule has 0 bridgehead atoms. The third kappa shape index (κ3) is 3.52. The number of fused-ring (bicyclic) bond motifs is 3. The van der Waals surface area contributed by atoms with E-state index in [2.05, 4.69) is 9.47 Å². The molecule has 0 saturated carbocycles. The van der Waals surface area contributed by atoms with E-state index in [0.717, 1.165) is 42.0 Å². The van der Waals surface area contributed by atoms with E-state index in [1.165, 1.54) is 6.07 Å². The van der Waals surface area contributed by atoms with E-state index in [1.54, 1.807) is 6.07 Å². The number of benzene rings is 2. The second kappa shape index (κ2) is 6.86. The molecule has 0 saturated heterocycles. The number of halogens is 1. The normalized spacial score (nSPS) is 15.9. The summed E-state index contributed by atoms with van der Waals surface area (Å²) in [6.07, 6.45) is -0.548. The molecule has 0 amide bonds. The Bertz CT molecular complexity index is 863. The van der Waals surface area contributed by atoms with Gasteiger partial charge >= 0.3 is 0 Å². The summed E-state index contributed by atoms with van der Waals surface area (Å²) in [5.41, 5.74) is 2.23. The molecule has 1 unspecified atom stereocenters. The second-order valence-electron chi connectivity index (χ2n) is 6.50. The van der Waals surface area contributed by atoms with Gasteiger partial charge in [-0.3, -0.25) is 4.90 Å². The van der Waals surface area contributed by atoms with Crippen molar-refractivity contribution in [2.45, 2.75) is 19.2 Å². The summed E-state index contributed by atoms with van der Waals surface area (Å²) in [7, 11) is 0. The summed E-state index contributed by atoms with van der Waals surface area (Å²) in [4.78, 5) is 2.21. The number of hydrogen-bond acceptors (Lipinski definition) is 3. The van der Waals surface area contributed by atoms with Crippen LogP contribution in [0.15, 0.2) is 54.6 Å². The van der Waals surface area contributed by atoms with E-state index in [9.17, 15) is 9.50 Å². The Kier molecular flexibility index (Phi) is 4.42. The molecular weight excluding hydrogens is 319 g/mol. The fourth-order valence-corrected chi connectivity index (χ4v) is 3.46. The van der Waals surface area contributed by atoms with Gasteiger partial charge in [0.2, 0.25) is 0 Å². The lowest BCUT2D eigenvalue weighted by Crippen LogP contribution is -2.40. The van der Waals surface area contributed by atoms with Gasteiger partial charge in [-0.1, -0.05) is 18.2 Å². The Hall–Kier alpha value is -2.37. The number of rotatable bonds is 5. The van der Waals surface area contributed by atoms with Gasteiger partial charge in [-0.2, -0.15) is 0 Å². The maximum absolute atomic E-state index is 13.4. The third-order valence-electron chi connectivity index (χ3n) is 4.63. The highest BCUT2D eigenvalue weighted by Gasteiger charge is 2.21. The highest BCUT2D eigenvalue weighted by molar-refractivity contribution is 5.81. The van der Waals surface area contributed by atoms with Crippen LogP contribution < -0.4 is 4.74 Å². The molecule has 3 aromatic rings. The van der Waals surface area contributed by atoms with Gasteiger partial charge in [-0.15, -0.1) is 0 Å². The van der Waals surface area contributed by atoms with Crippen LogP contribution in [0.3, 0.4) is 0 Å². The number of para-hydroxylation sites is 1. The number of ether oxygens (including phenoxy) is 1. The van der Waals surface area contributed by atoms with Crippen molar-refractivity contribution in [3.05, 3.63) is 66.1 Å². The molecule has 1 atom stereocenters. The summed E-state index contributed by atoms with van der Waals surface area (Å²) in [5.74, 6) is 0.558. The lowest BCUT2D eigenvalue weighted by Gasteiger charge is -2.30. The molecule has 0 fully saturated rings. The average molecular weight is 340 g/mol. The highest BCUT2D eigenvalue weighted by atomic mass is 19.1. The number of aliphatic hydroxyl groups excluding tert-OH is 1. The Morgan fingerprint density at radius 1 is 1.08 bits per heavy atom. The minimum atomic E-state index is -0.548. The molecule has 25 heavy (non-hydrogen) atoms.